The van der Waals surface area contributed by atoms with Crippen LogP contribution in [0.2, 0.25) is 0 Å². The van der Waals surface area contributed by atoms with Crippen LogP contribution in [0.5, 0.6) is 0 Å². The monoisotopic (exact) mass is 235 g/mol. The van der Waals surface area contributed by atoms with Crippen molar-refractivity contribution in [3.8, 4) is 0 Å². The Labute approximate surface area is 103 Å². The SMILES string of the molecule is CC(C)[C@H](C)NC(=O)c1ccnc(N(C)C)c1. The minimum Gasteiger partial charge on any atom is -0.363 e. The molecule has 1 heterocycles. The Hall–Kier alpha value is -1.58. The maximum atomic E-state index is 12.0. The van der Waals surface area contributed by atoms with Crippen LogP contribution in [0.1, 0.15) is 31.1 Å². The van der Waals surface area contributed by atoms with Crippen LogP contribution in [0.3, 0.4) is 0 Å². The number of aromatic nitrogens is 1. The molecule has 0 fully saturated rings. The van der Waals surface area contributed by atoms with Crippen LogP contribution >= 0.6 is 0 Å². The third-order valence-electron chi connectivity index (χ3n) is 2.82. The van der Waals surface area contributed by atoms with Crippen molar-refractivity contribution in [2.75, 3.05) is 19.0 Å². The highest BCUT2D eigenvalue weighted by Crippen LogP contribution is 2.10. The van der Waals surface area contributed by atoms with Crippen molar-refractivity contribution < 1.29 is 4.79 Å². The molecule has 1 aromatic heterocycles. The van der Waals surface area contributed by atoms with Gasteiger partial charge in [0.2, 0.25) is 0 Å². The van der Waals surface area contributed by atoms with Crippen LogP contribution in [-0.4, -0.2) is 31.0 Å². The molecule has 1 atom stereocenters. The zero-order valence-electron chi connectivity index (χ0n) is 11.2. The molecule has 0 saturated carbocycles. The predicted octanol–water partition coefficient (Wildman–Crippen LogP) is 1.92. The first-order valence-electron chi connectivity index (χ1n) is 5.86. The quantitative estimate of drug-likeness (QED) is 0.867. The highest BCUT2D eigenvalue weighted by Gasteiger charge is 2.13. The Bertz CT molecular complexity index is 388. The molecule has 0 aliphatic carbocycles. The second-order valence-corrected chi connectivity index (χ2v) is 4.80. The summed E-state index contributed by atoms with van der Waals surface area (Å²) in [4.78, 5) is 18.0. The predicted molar refractivity (Wildman–Crippen MR) is 70.3 cm³/mol. The molecule has 1 N–H and O–H groups in total. The molecule has 0 spiro atoms. The zero-order chi connectivity index (χ0) is 13.0. The molecule has 1 aromatic rings. The van der Waals surface area contributed by atoms with E-state index in [1.54, 1.807) is 18.3 Å². The smallest absolute Gasteiger partial charge is 0.251 e. The maximum absolute atomic E-state index is 12.0. The number of hydrogen-bond acceptors (Lipinski definition) is 3. The van der Waals surface area contributed by atoms with Gasteiger partial charge < -0.3 is 10.2 Å². The number of carbonyl (C=O) groups is 1. The standard InChI is InChI=1S/C13H21N3O/c1-9(2)10(3)15-13(17)11-6-7-14-12(8-11)16(4)5/h6-10H,1-5H3,(H,15,17)/t10-/m0/s1. The summed E-state index contributed by atoms with van der Waals surface area (Å²) in [5.74, 6) is 1.17. The topological polar surface area (TPSA) is 45.2 Å². The van der Waals surface area contributed by atoms with E-state index < -0.39 is 0 Å². The minimum atomic E-state index is -0.0447. The fraction of sp³-hybridized carbons (Fsp3) is 0.538. The highest BCUT2D eigenvalue weighted by molar-refractivity contribution is 5.95. The molecular formula is C13H21N3O. The van der Waals surface area contributed by atoms with E-state index in [4.69, 9.17) is 0 Å². The van der Waals surface area contributed by atoms with Crippen molar-refractivity contribution in [1.82, 2.24) is 10.3 Å². The highest BCUT2D eigenvalue weighted by atomic mass is 16.1. The zero-order valence-corrected chi connectivity index (χ0v) is 11.2. The lowest BCUT2D eigenvalue weighted by Gasteiger charge is -2.18. The van der Waals surface area contributed by atoms with Gasteiger partial charge in [-0.1, -0.05) is 13.8 Å². The first kappa shape index (κ1) is 13.5. The summed E-state index contributed by atoms with van der Waals surface area (Å²) >= 11 is 0. The number of nitrogens with one attached hydrogen (secondary N) is 1. The van der Waals surface area contributed by atoms with Crippen LogP contribution in [0.25, 0.3) is 0 Å². The molecule has 0 aliphatic rings. The van der Waals surface area contributed by atoms with Gasteiger partial charge in [-0.3, -0.25) is 4.79 Å². The molecule has 0 aromatic carbocycles. The van der Waals surface area contributed by atoms with Crippen molar-refractivity contribution >= 4 is 11.7 Å². The van der Waals surface area contributed by atoms with Gasteiger partial charge in [-0.05, 0) is 25.0 Å². The average Bonchev–Trinajstić information content (AvgIpc) is 2.28. The molecule has 4 heteroatoms. The van der Waals surface area contributed by atoms with E-state index in [9.17, 15) is 4.79 Å². The molecule has 4 nitrogen and oxygen atoms in total. The minimum absolute atomic E-state index is 0.0447. The van der Waals surface area contributed by atoms with Crippen molar-refractivity contribution in [2.24, 2.45) is 5.92 Å². The molecule has 0 bridgehead atoms. The summed E-state index contributed by atoms with van der Waals surface area (Å²) in [5, 5.41) is 2.98. The lowest BCUT2D eigenvalue weighted by Crippen LogP contribution is -2.36. The first-order chi connectivity index (χ1) is 7.91. The van der Waals surface area contributed by atoms with E-state index >= 15 is 0 Å². The summed E-state index contributed by atoms with van der Waals surface area (Å²) < 4.78 is 0. The molecule has 0 radical (unpaired) electrons. The van der Waals surface area contributed by atoms with E-state index in [1.165, 1.54) is 0 Å². The van der Waals surface area contributed by atoms with Crippen LogP contribution in [0.4, 0.5) is 5.82 Å². The van der Waals surface area contributed by atoms with Crippen molar-refractivity contribution in [1.29, 1.82) is 0 Å². The van der Waals surface area contributed by atoms with Crippen LogP contribution in [0, 0.1) is 5.92 Å². The fourth-order valence-corrected chi connectivity index (χ4v) is 1.26. The number of anilines is 1. The Morgan fingerprint density at radius 2 is 2.00 bits per heavy atom. The van der Waals surface area contributed by atoms with Crippen molar-refractivity contribution in [2.45, 2.75) is 26.8 Å². The molecule has 1 amide bonds. The number of nitrogens with zero attached hydrogens (tertiary/aromatic N) is 2. The number of rotatable bonds is 4. The second kappa shape index (κ2) is 5.66. The largest absolute Gasteiger partial charge is 0.363 e. The normalized spacial score (nSPS) is 12.4. The Balaban J connectivity index is 2.79. The van der Waals surface area contributed by atoms with Gasteiger partial charge in [0, 0.05) is 31.9 Å². The molecular weight excluding hydrogens is 214 g/mol. The molecule has 0 unspecified atom stereocenters. The molecule has 0 aliphatic heterocycles. The van der Waals surface area contributed by atoms with Gasteiger partial charge in [0.25, 0.3) is 5.91 Å². The van der Waals surface area contributed by atoms with Gasteiger partial charge in [-0.25, -0.2) is 4.98 Å². The summed E-state index contributed by atoms with van der Waals surface area (Å²) in [5.41, 5.74) is 0.649. The average molecular weight is 235 g/mol. The molecule has 0 saturated heterocycles. The van der Waals surface area contributed by atoms with Crippen molar-refractivity contribution in [3.05, 3.63) is 23.9 Å². The molecule has 1 rings (SSSR count). The summed E-state index contributed by atoms with van der Waals surface area (Å²) in [7, 11) is 3.81. The van der Waals surface area contributed by atoms with E-state index in [1.807, 2.05) is 25.9 Å². The maximum Gasteiger partial charge on any atom is 0.251 e. The van der Waals surface area contributed by atoms with Crippen LogP contribution in [0.15, 0.2) is 18.3 Å². The van der Waals surface area contributed by atoms with Gasteiger partial charge in [0.1, 0.15) is 5.82 Å². The Kier molecular flexibility index (Phi) is 4.49. The van der Waals surface area contributed by atoms with Gasteiger partial charge in [0.05, 0.1) is 0 Å². The summed E-state index contributed by atoms with van der Waals surface area (Å²) in [6, 6.07) is 3.69. The third-order valence-corrected chi connectivity index (χ3v) is 2.82. The van der Waals surface area contributed by atoms with Gasteiger partial charge in [-0.15, -0.1) is 0 Å². The van der Waals surface area contributed by atoms with Crippen molar-refractivity contribution in [3.63, 3.8) is 0 Å². The van der Waals surface area contributed by atoms with Gasteiger partial charge in [0.15, 0.2) is 0 Å². The summed E-state index contributed by atoms with van der Waals surface area (Å²) in [6.07, 6.45) is 1.66. The summed E-state index contributed by atoms with van der Waals surface area (Å²) in [6.45, 7) is 6.18. The fourth-order valence-electron chi connectivity index (χ4n) is 1.26. The number of pyridine rings is 1. The van der Waals surface area contributed by atoms with Crippen LogP contribution in [-0.2, 0) is 0 Å². The first-order valence-corrected chi connectivity index (χ1v) is 5.86. The van der Waals surface area contributed by atoms with E-state index in [0.29, 0.717) is 11.5 Å². The van der Waals surface area contributed by atoms with Gasteiger partial charge >= 0.3 is 0 Å². The third kappa shape index (κ3) is 3.73. The Morgan fingerprint density at radius 3 is 2.53 bits per heavy atom. The van der Waals surface area contributed by atoms with Gasteiger partial charge in [-0.2, -0.15) is 0 Å². The lowest BCUT2D eigenvalue weighted by atomic mass is 10.1. The molecule has 17 heavy (non-hydrogen) atoms. The number of amides is 1. The molecule has 94 valence electrons. The van der Waals surface area contributed by atoms with E-state index in [0.717, 1.165) is 5.82 Å². The lowest BCUT2D eigenvalue weighted by molar-refractivity contribution is 0.0930. The van der Waals surface area contributed by atoms with E-state index in [-0.39, 0.29) is 11.9 Å². The van der Waals surface area contributed by atoms with Crippen LogP contribution < -0.4 is 10.2 Å². The van der Waals surface area contributed by atoms with E-state index in [2.05, 4.69) is 24.1 Å². The number of hydrogen-bond donors (Lipinski definition) is 1. The Morgan fingerprint density at radius 1 is 1.35 bits per heavy atom. The number of carbonyl (C=O) groups excluding carboxylic acids is 1. The second-order valence-electron chi connectivity index (χ2n) is 4.80.